The van der Waals surface area contributed by atoms with Gasteiger partial charge in [0.15, 0.2) is 0 Å². The van der Waals surface area contributed by atoms with Gasteiger partial charge in [-0.2, -0.15) is 5.10 Å². The van der Waals surface area contributed by atoms with Gasteiger partial charge in [-0.15, -0.1) is 0 Å². The summed E-state index contributed by atoms with van der Waals surface area (Å²) in [5, 5.41) is 7.00. The highest BCUT2D eigenvalue weighted by atomic mass is 16.1. The van der Waals surface area contributed by atoms with Crippen molar-refractivity contribution in [3.63, 3.8) is 0 Å². The number of benzene rings is 2. The molecule has 0 unspecified atom stereocenters. The molecule has 3 rings (SSSR count). The zero-order chi connectivity index (χ0) is 15.5. The molecule has 2 aromatic carbocycles. The van der Waals surface area contributed by atoms with E-state index in [1.165, 1.54) is 6.33 Å². The first-order valence-electron chi connectivity index (χ1n) is 6.96. The van der Waals surface area contributed by atoms with Gasteiger partial charge >= 0.3 is 0 Å². The Balaban J connectivity index is 1.84. The van der Waals surface area contributed by atoms with E-state index in [2.05, 4.69) is 15.4 Å². The van der Waals surface area contributed by atoms with Crippen LogP contribution in [0.4, 0.5) is 5.69 Å². The standard InChI is InChI=1S/C17H16N4O/c1-12-6-13(2)8-14(7-12)17(22)20-15-4-3-5-16(9-15)21-11-18-10-19-21/h3-11H,1-2H3,(H,20,22). The van der Waals surface area contributed by atoms with Crippen LogP contribution in [0.15, 0.2) is 55.1 Å². The van der Waals surface area contributed by atoms with Gasteiger partial charge in [0.1, 0.15) is 12.7 Å². The van der Waals surface area contributed by atoms with Crippen LogP contribution in [0.5, 0.6) is 0 Å². The smallest absolute Gasteiger partial charge is 0.255 e. The molecule has 0 aliphatic heterocycles. The number of rotatable bonds is 3. The summed E-state index contributed by atoms with van der Waals surface area (Å²) in [4.78, 5) is 16.3. The molecule has 22 heavy (non-hydrogen) atoms. The van der Waals surface area contributed by atoms with Crippen molar-refractivity contribution in [2.24, 2.45) is 0 Å². The van der Waals surface area contributed by atoms with Crippen LogP contribution in [0, 0.1) is 13.8 Å². The van der Waals surface area contributed by atoms with Gasteiger partial charge in [-0.25, -0.2) is 9.67 Å². The van der Waals surface area contributed by atoms with Gasteiger partial charge in [0.25, 0.3) is 5.91 Å². The number of nitrogens with one attached hydrogen (secondary N) is 1. The molecule has 0 aliphatic rings. The molecule has 0 aliphatic carbocycles. The van der Waals surface area contributed by atoms with Gasteiger partial charge in [0.2, 0.25) is 0 Å². The molecule has 5 heteroatoms. The second kappa shape index (κ2) is 5.81. The molecule has 110 valence electrons. The van der Waals surface area contributed by atoms with E-state index >= 15 is 0 Å². The van der Waals surface area contributed by atoms with Crippen molar-refractivity contribution in [3.05, 3.63) is 71.8 Å². The fourth-order valence-electron chi connectivity index (χ4n) is 2.38. The Kier molecular flexibility index (Phi) is 3.70. The van der Waals surface area contributed by atoms with Gasteiger partial charge in [0, 0.05) is 11.3 Å². The van der Waals surface area contributed by atoms with E-state index < -0.39 is 0 Å². The van der Waals surface area contributed by atoms with Gasteiger partial charge in [-0.3, -0.25) is 4.79 Å². The van der Waals surface area contributed by atoms with Crippen molar-refractivity contribution >= 4 is 11.6 Å². The zero-order valence-electron chi connectivity index (χ0n) is 12.4. The first-order chi connectivity index (χ1) is 10.6. The van der Waals surface area contributed by atoms with E-state index in [9.17, 15) is 4.79 Å². The average Bonchev–Trinajstić information content (AvgIpc) is 3.00. The van der Waals surface area contributed by atoms with E-state index in [1.54, 1.807) is 11.0 Å². The monoisotopic (exact) mass is 292 g/mol. The highest BCUT2D eigenvalue weighted by Gasteiger charge is 2.08. The Morgan fingerprint density at radius 3 is 2.55 bits per heavy atom. The van der Waals surface area contributed by atoms with Crippen LogP contribution in [0.3, 0.4) is 0 Å². The molecular weight excluding hydrogens is 276 g/mol. The number of anilines is 1. The first kappa shape index (κ1) is 14.0. The Labute approximate surface area is 128 Å². The first-order valence-corrected chi connectivity index (χ1v) is 6.96. The maximum absolute atomic E-state index is 12.4. The second-order valence-corrected chi connectivity index (χ2v) is 5.22. The van der Waals surface area contributed by atoms with Crippen molar-refractivity contribution in [2.45, 2.75) is 13.8 Å². The largest absolute Gasteiger partial charge is 0.322 e. The lowest BCUT2D eigenvalue weighted by molar-refractivity contribution is 0.102. The van der Waals surface area contributed by atoms with E-state index in [0.717, 1.165) is 22.5 Å². The van der Waals surface area contributed by atoms with E-state index in [4.69, 9.17) is 0 Å². The summed E-state index contributed by atoms with van der Waals surface area (Å²) in [6, 6.07) is 13.3. The molecular formula is C17H16N4O. The molecule has 0 saturated carbocycles. The number of hydrogen-bond donors (Lipinski definition) is 1. The summed E-state index contributed by atoms with van der Waals surface area (Å²) >= 11 is 0. The molecule has 0 fully saturated rings. The van der Waals surface area contributed by atoms with E-state index in [-0.39, 0.29) is 5.91 Å². The summed E-state index contributed by atoms with van der Waals surface area (Å²) in [7, 11) is 0. The SMILES string of the molecule is Cc1cc(C)cc(C(=O)Nc2cccc(-n3cncn3)c2)c1. The molecule has 0 bridgehead atoms. The summed E-state index contributed by atoms with van der Waals surface area (Å²) in [5.74, 6) is -0.123. The molecule has 3 aromatic rings. The topological polar surface area (TPSA) is 59.8 Å². The Bertz CT molecular complexity index is 789. The molecule has 0 spiro atoms. The zero-order valence-corrected chi connectivity index (χ0v) is 12.4. The molecule has 1 amide bonds. The van der Waals surface area contributed by atoms with Gasteiger partial charge < -0.3 is 5.32 Å². The number of aryl methyl sites for hydroxylation is 2. The lowest BCUT2D eigenvalue weighted by atomic mass is 10.1. The summed E-state index contributed by atoms with van der Waals surface area (Å²) < 4.78 is 1.65. The lowest BCUT2D eigenvalue weighted by Crippen LogP contribution is -2.12. The fourth-order valence-corrected chi connectivity index (χ4v) is 2.38. The van der Waals surface area contributed by atoms with Crippen molar-refractivity contribution in [3.8, 4) is 5.69 Å². The Morgan fingerprint density at radius 2 is 1.86 bits per heavy atom. The minimum Gasteiger partial charge on any atom is -0.322 e. The van der Waals surface area contributed by atoms with Crippen LogP contribution >= 0.6 is 0 Å². The molecule has 0 radical (unpaired) electrons. The minimum atomic E-state index is -0.123. The maximum atomic E-state index is 12.4. The van der Waals surface area contributed by atoms with Crippen LogP contribution in [0.25, 0.3) is 5.69 Å². The summed E-state index contributed by atoms with van der Waals surface area (Å²) in [5.41, 5.74) is 4.36. The molecule has 5 nitrogen and oxygen atoms in total. The molecule has 0 atom stereocenters. The normalized spacial score (nSPS) is 10.5. The Hall–Kier alpha value is -2.95. The number of carbonyl (C=O) groups is 1. The number of amides is 1. The van der Waals surface area contributed by atoms with Crippen LogP contribution in [-0.2, 0) is 0 Å². The molecule has 0 saturated heterocycles. The lowest BCUT2D eigenvalue weighted by Gasteiger charge is -2.08. The predicted octanol–water partition coefficient (Wildman–Crippen LogP) is 3.14. The third kappa shape index (κ3) is 3.03. The predicted molar refractivity (Wildman–Crippen MR) is 85.2 cm³/mol. The quantitative estimate of drug-likeness (QED) is 0.806. The minimum absolute atomic E-state index is 0.123. The van der Waals surface area contributed by atoms with Crippen molar-refractivity contribution in [1.82, 2.24) is 14.8 Å². The number of aromatic nitrogens is 3. The van der Waals surface area contributed by atoms with Crippen molar-refractivity contribution in [1.29, 1.82) is 0 Å². The Morgan fingerprint density at radius 1 is 1.09 bits per heavy atom. The van der Waals surface area contributed by atoms with Crippen LogP contribution in [-0.4, -0.2) is 20.7 Å². The van der Waals surface area contributed by atoms with Crippen molar-refractivity contribution < 1.29 is 4.79 Å². The van der Waals surface area contributed by atoms with Crippen LogP contribution in [0.2, 0.25) is 0 Å². The molecule has 1 aromatic heterocycles. The van der Waals surface area contributed by atoms with Gasteiger partial charge in [-0.1, -0.05) is 23.3 Å². The molecule has 1 N–H and O–H groups in total. The molecule has 1 heterocycles. The van der Waals surface area contributed by atoms with Gasteiger partial charge in [-0.05, 0) is 44.2 Å². The van der Waals surface area contributed by atoms with Crippen LogP contribution < -0.4 is 5.32 Å². The van der Waals surface area contributed by atoms with Gasteiger partial charge in [0.05, 0.1) is 5.69 Å². The highest BCUT2D eigenvalue weighted by molar-refractivity contribution is 6.04. The highest BCUT2D eigenvalue weighted by Crippen LogP contribution is 2.16. The van der Waals surface area contributed by atoms with E-state index in [1.807, 2.05) is 56.3 Å². The number of nitrogens with zero attached hydrogens (tertiary/aromatic N) is 3. The number of carbonyl (C=O) groups excluding carboxylic acids is 1. The average molecular weight is 292 g/mol. The van der Waals surface area contributed by atoms with Crippen molar-refractivity contribution in [2.75, 3.05) is 5.32 Å². The third-order valence-corrected chi connectivity index (χ3v) is 3.27. The number of hydrogen-bond acceptors (Lipinski definition) is 3. The van der Waals surface area contributed by atoms with E-state index in [0.29, 0.717) is 5.56 Å². The fraction of sp³-hybridized carbons (Fsp3) is 0.118. The van der Waals surface area contributed by atoms with Crippen LogP contribution in [0.1, 0.15) is 21.5 Å². The summed E-state index contributed by atoms with van der Waals surface area (Å²) in [6.45, 7) is 3.96. The maximum Gasteiger partial charge on any atom is 0.255 e. The third-order valence-electron chi connectivity index (χ3n) is 3.27. The summed E-state index contributed by atoms with van der Waals surface area (Å²) in [6.07, 6.45) is 3.09. The second-order valence-electron chi connectivity index (χ2n) is 5.22.